The lowest BCUT2D eigenvalue weighted by Crippen LogP contribution is -2.63. The van der Waals surface area contributed by atoms with Crippen LogP contribution in [-0.2, 0) is 16.1 Å². The van der Waals surface area contributed by atoms with Crippen LogP contribution < -0.4 is 0 Å². The maximum Gasteiger partial charge on any atom is 0.249 e. The number of hydrogen-bond donors (Lipinski definition) is 0. The van der Waals surface area contributed by atoms with Gasteiger partial charge in [-0.3, -0.25) is 9.69 Å². The number of morpholine rings is 1. The molecule has 0 radical (unpaired) electrons. The van der Waals surface area contributed by atoms with Gasteiger partial charge in [-0.25, -0.2) is 0 Å². The standard InChI is InChI=1S/C18H26N2O2S/c1-4-9-20-15(3)18(22-13-17(20)21)7-10-19(11-8-18)12-16-6-5-14(2)23-16/h4-6,15H,1,7-13H2,2-3H3/t15-/m1/s1. The van der Waals surface area contributed by atoms with E-state index in [4.69, 9.17) is 4.74 Å². The number of likely N-dealkylation sites (tertiary alicyclic amines) is 1. The van der Waals surface area contributed by atoms with Crippen LogP contribution in [0.2, 0.25) is 0 Å². The molecule has 0 aliphatic carbocycles. The second-order valence-corrected chi connectivity index (χ2v) is 8.03. The third-order valence-corrected chi connectivity index (χ3v) is 6.22. The van der Waals surface area contributed by atoms with Gasteiger partial charge in [0.2, 0.25) is 5.91 Å². The van der Waals surface area contributed by atoms with Gasteiger partial charge in [-0.15, -0.1) is 17.9 Å². The van der Waals surface area contributed by atoms with Crippen LogP contribution in [0.15, 0.2) is 24.8 Å². The molecule has 2 aliphatic rings. The topological polar surface area (TPSA) is 32.8 Å². The number of carbonyl (C=O) groups excluding carboxylic acids is 1. The van der Waals surface area contributed by atoms with Crippen molar-refractivity contribution < 1.29 is 9.53 Å². The molecule has 0 saturated carbocycles. The predicted octanol–water partition coefficient (Wildman–Crippen LogP) is 2.82. The molecule has 3 heterocycles. The molecule has 0 bridgehead atoms. The van der Waals surface area contributed by atoms with Crippen LogP contribution in [0.4, 0.5) is 0 Å². The van der Waals surface area contributed by atoms with Crippen molar-refractivity contribution in [2.45, 2.75) is 44.9 Å². The molecule has 1 aromatic heterocycles. The molecule has 2 fully saturated rings. The van der Waals surface area contributed by atoms with Gasteiger partial charge in [0.1, 0.15) is 6.61 Å². The number of aryl methyl sites for hydroxylation is 1. The summed E-state index contributed by atoms with van der Waals surface area (Å²) in [7, 11) is 0. The van der Waals surface area contributed by atoms with Crippen molar-refractivity contribution in [1.82, 2.24) is 9.80 Å². The first-order chi connectivity index (χ1) is 11.0. The van der Waals surface area contributed by atoms with Gasteiger partial charge in [0.15, 0.2) is 0 Å². The van der Waals surface area contributed by atoms with Crippen LogP contribution in [0.5, 0.6) is 0 Å². The normalized spacial score (nSPS) is 25.0. The average molecular weight is 334 g/mol. The maximum absolute atomic E-state index is 12.1. The predicted molar refractivity (Wildman–Crippen MR) is 93.6 cm³/mol. The van der Waals surface area contributed by atoms with Gasteiger partial charge in [0.25, 0.3) is 0 Å². The minimum Gasteiger partial charge on any atom is -0.363 e. The van der Waals surface area contributed by atoms with Crippen molar-refractivity contribution in [3.05, 3.63) is 34.5 Å². The van der Waals surface area contributed by atoms with Gasteiger partial charge in [-0.05, 0) is 38.8 Å². The van der Waals surface area contributed by atoms with E-state index in [9.17, 15) is 4.79 Å². The van der Waals surface area contributed by atoms with E-state index in [-0.39, 0.29) is 24.2 Å². The van der Waals surface area contributed by atoms with Crippen LogP contribution in [0.25, 0.3) is 0 Å². The van der Waals surface area contributed by atoms with E-state index in [0.717, 1.165) is 32.5 Å². The maximum atomic E-state index is 12.1. The van der Waals surface area contributed by atoms with Crippen LogP contribution >= 0.6 is 11.3 Å². The molecular formula is C18H26N2O2S. The molecule has 5 heteroatoms. The Balaban J connectivity index is 1.62. The highest BCUT2D eigenvalue weighted by Gasteiger charge is 2.47. The van der Waals surface area contributed by atoms with E-state index >= 15 is 0 Å². The Morgan fingerprint density at radius 3 is 2.78 bits per heavy atom. The first kappa shape index (κ1) is 16.7. The van der Waals surface area contributed by atoms with Gasteiger partial charge in [0.05, 0.1) is 11.6 Å². The monoisotopic (exact) mass is 334 g/mol. The number of carbonyl (C=O) groups is 1. The number of hydrogen-bond acceptors (Lipinski definition) is 4. The quantitative estimate of drug-likeness (QED) is 0.794. The van der Waals surface area contributed by atoms with Crippen molar-refractivity contribution in [2.24, 2.45) is 0 Å². The van der Waals surface area contributed by atoms with Crippen molar-refractivity contribution in [1.29, 1.82) is 0 Å². The Bertz CT molecular complexity index is 575. The lowest BCUT2D eigenvalue weighted by atomic mass is 9.82. The van der Waals surface area contributed by atoms with Crippen molar-refractivity contribution in [2.75, 3.05) is 26.2 Å². The number of amides is 1. The summed E-state index contributed by atoms with van der Waals surface area (Å²) in [6.45, 7) is 12.0. The summed E-state index contributed by atoms with van der Waals surface area (Å²) in [4.78, 5) is 19.3. The van der Waals surface area contributed by atoms with Gasteiger partial charge >= 0.3 is 0 Å². The molecule has 1 spiro atoms. The molecule has 0 N–H and O–H groups in total. The molecular weight excluding hydrogens is 308 g/mol. The average Bonchev–Trinajstić information content (AvgIpc) is 2.95. The minimum absolute atomic E-state index is 0.0829. The van der Waals surface area contributed by atoms with E-state index < -0.39 is 0 Å². The Morgan fingerprint density at radius 2 is 2.17 bits per heavy atom. The Morgan fingerprint density at radius 1 is 1.43 bits per heavy atom. The molecule has 2 saturated heterocycles. The molecule has 1 atom stereocenters. The van der Waals surface area contributed by atoms with Crippen molar-refractivity contribution in [3.8, 4) is 0 Å². The second-order valence-electron chi connectivity index (χ2n) is 6.65. The minimum atomic E-state index is -0.182. The van der Waals surface area contributed by atoms with E-state index in [2.05, 4.69) is 37.5 Å². The third-order valence-electron chi connectivity index (χ3n) is 5.24. The molecule has 23 heavy (non-hydrogen) atoms. The van der Waals surface area contributed by atoms with Gasteiger partial charge in [-0.1, -0.05) is 6.08 Å². The highest BCUT2D eigenvalue weighted by molar-refractivity contribution is 7.11. The highest BCUT2D eigenvalue weighted by atomic mass is 32.1. The summed E-state index contributed by atoms with van der Waals surface area (Å²) in [5.41, 5.74) is -0.182. The Hall–Kier alpha value is -1.17. The molecule has 126 valence electrons. The number of ether oxygens (including phenoxy) is 1. The molecule has 1 aromatic rings. The highest BCUT2D eigenvalue weighted by Crippen LogP contribution is 2.36. The van der Waals surface area contributed by atoms with Crippen LogP contribution in [-0.4, -0.2) is 53.6 Å². The molecule has 0 unspecified atom stereocenters. The number of piperidine rings is 1. The van der Waals surface area contributed by atoms with Gasteiger partial charge in [-0.2, -0.15) is 0 Å². The van der Waals surface area contributed by atoms with E-state index in [1.165, 1.54) is 9.75 Å². The molecule has 2 aliphatic heterocycles. The van der Waals surface area contributed by atoms with E-state index in [1.807, 2.05) is 22.3 Å². The van der Waals surface area contributed by atoms with E-state index in [0.29, 0.717) is 6.54 Å². The molecule has 0 aromatic carbocycles. The first-order valence-corrected chi connectivity index (χ1v) is 9.18. The number of nitrogens with zero attached hydrogens (tertiary/aromatic N) is 2. The largest absolute Gasteiger partial charge is 0.363 e. The summed E-state index contributed by atoms with van der Waals surface area (Å²) in [6, 6.07) is 4.54. The molecule has 3 rings (SSSR count). The summed E-state index contributed by atoms with van der Waals surface area (Å²) < 4.78 is 6.06. The summed E-state index contributed by atoms with van der Waals surface area (Å²) >= 11 is 1.88. The zero-order valence-electron chi connectivity index (χ0n) is 14.1. The number of thiophene rings is 1. The number of rotatable bonds is 4. The smallest absolute Gasteiger partial charge is 0.249 e. The van der Waals surface area contributed by atoms with Crippen LogP contribution in [0, 0.1) is 6.92 Å². The Labute approximate surface area is 142 Å². The molecule has 4 nitrogen and oxygen atoms in total. The SMILES string of the molecule is C=CCN1C(=O)COC2(CCN(Cc3ccc(C)s3)CC2)[C@H]1C. The third kappa shape index (κ3) is 3.37. The Kier molecular flexibility index (Phi) is 4.90. The summed E-state index contributed by atoms with van der Waals surface area (Å²) in [5.74, 6) is 0.0829. The van der Waals surface area contributed by atoms with Crippen molar-refractivity contribution >= 4 is 17.2 Å². The zero-order valence-corrected chi connectivity index (χ0v) is 14.9. The fraction of sp³-hybridized carbons (Fsp3) is 0.611. The lowest BCUT2D eigenvalue weighted by molar-refractivity contribution is -0.185. The van der Waals surface area contributed by atoms with Crippen LogP contribution in [0.3, 0.4) is 0 Å². The van der Waals surface area contributed by atoms with Gasteiger partial charge in [0, 0.05) is 35.9 Å². The summed E-state index contributed by atoms with van der Waals surface area (Å²) in [5, 5.41) is 0. The first-order valence-electron chi connectivity index (χ1n) is 8.36. The zero-order chi connectivity index (χ0) is 16.4. The fourth-order valence-electron chi connectivity index (χ4n) is 3.75. The van der Waals surface area contributed by atoms with Crippen LogP contribution in [0.1, 0.15) is 29.5 Å². The second kappa shape index (κ2) is 6.75. The lowest BCUT2D eigenvalue weighted by Gasteiger charge is -2.51. The van der Waals surface area contributed by atoms with Crippen molar-refractivity contribution in [3.63, 3.8) is 0 Å². The summed E-state index contributed by atoms with van der Waals surface area (Å²) in [6.07, 6.45) is 3.78. The molecule has 1 amide bonds. The van der Waals surface area contributed by atoms with E-state index in [1.54, 1.807) is 0 Å². The van der Waals surface area contributed by atoms with Gasteiger partial charge < -0.3 is 9.64 Å². The fourth-order valence-corrected chi connectivity index (χ4v) is 4.68.